The van der Waals surface area contributed by atoms with Crippen molar-refractivity contribution in [2.45, 2.75) is 32.7 Å². The average molecular weight is 293 g/mol. The van der Waals surface area contributed by atoms with E-state index in [0.29, 0.717) is 29.9 Å². The smallest absolute Gasteiger partial charge is 0.340 e. The number of hydrogen-bond donors (Lipinski definition) is 3. The minimum atomic E-state index is -0.464. The molecule has 1 rings (SSSR count). The molecule has 21 heavy (non-hydrogen) atoms. The van der Waals surface area contributed by atoms with Crippen molar-refractivity contribution in [3.63, 3.8) is 0 Å². The third kappa shape index (κ3) is 5.33. The van der Waals surface area contributed by atoms with Crippen LogP contribution in [0, 0.1) is 0 Å². The summed E-state index contributed by atoms with van der Waals surface area (Å²) in [6.07, 6.45) is 1.22. The van der Waals surface area contributed by atoms with Crippen molar-refractivity contribution in [2.24, 2.45) is 0 Å². The molecule has 0 aliphatic heterocycles. The number of nitrogens with one attached hydrogen (secondary N) is 2. The fraction of sp³-hybridized carbons (Fsp3) is 0.467. The standard InChI is InChI=1S/C15H23N3O3/c1-4-10(2)18-14(19)7-8-17-13-6-5-11(16)9-12(13)15(20)21-3/h5-6,9-10,17H,4,7-8,16H2,1-3H3,(H,18,19). The van der Waals surface area contributed by atoms with E-state index in [1.807, 2.05) is 13.8 Å². The second kappa shape index (κ2) is 8.14. The molecule has 6 nitrogen and oxygen atoms in total. The molecule has 0 radical (unpaired) electrons. The van der Waals surface area contributed by atoms with E-state index >= 15 is 0 Å². The number of ether oxygens (including phenoxy) is 1. The maximum absolute atomic E-state index is 11.7. The quantitative estimate of drug-likeness (QED) is 0.526. The van der Waals surface area contributed by atoms with Crippen LogP contribution >= 0.6 is 0 Å². The van der Waals surface area contributed by atoms with Gasteiger partial charge in [0.25, 0.3) is 0 Å². The van der Waals surface area contributed by atoms with Gasteiger partial charge in [0, 0.05) is 30.4 Å². The fourth-order valence-electron chi connectivity index (χ4n) is 1.75. The van der Waals surface area contributed by atoms with Gasteiger partial charge in [0.05, 0.1) is 12.7 Å². The Morgan fingerprint density at radius 2 is 2.10 bits per heavy atom. The molecule has 1 atom stereocenters. The Morgan fingerprint density at radius 1 is 1.38 bits per heavy atom. The van der Waals surface area contributed by atoms with Gasteiger partial charge in [-0.2, -0.15) is 0 Å². The number of carbonyl (C=O) groups is 2. The van der Waals surface area contributed by atoms with Crippen LogP contribution in [0.2, 0.25) is 0 Å². The molecule has 0 saturated heterocycles. The largest absolute Gasteiger partial charge is 0.465 e. The van der Waals surface area contributed by atoms with Crippen LogP contribution in [-0.2, 0) is 9.53 Å². The highest BCUT2D eigenvalue weighted by molar-refractivity contribution is 5.96. The first-order valence-corrected chi connectivity index (χ1v) is 6.99. The lowest BCUT2D eigenvalue weighted by molar-refractivity contribution is -0.121. The van der Waals surface area contributed by atoms with Crippen LogP contribution in [0.3, 0.4) is 0 Å². The second-order valence-electron chi connectivity index (χ2n) is 4.85. The van der Waals surface area contributed by atoms with Gasteiger partial charge in [-0.05, 0) is 31.5 Å². The number of rotatable bonds is 7. The zero-order chi connectivity index (χ0) is 15.8. The molecule has 0 saturated carbocycles. The topological polar surface area (TPSA) is 93.5 Å². The summed E-state index contributed by atoms with van der Waals surface area (Å²) in [6, 6.07) is 5.11. The van der Waals surface area contributed by atoms with Crippen molar-refractivity contribution in [1.29, 1.82) is 0 Å². The summed E-state index contributed by atoms with van der Waals surface area (Å²) in [5.74, 6) is -0.485. The number of nitrogen functional groups attached to an aromatic ring is 1. The molecule has 1 unspecified atom stereocenters. The number of methoxy groups -OCH3 is 1. The molecule has 0 spiro atoms. The number of anilines is 2. The van der Waals surface area contributed by atoms with E-state index in [0.717, 1.165) is 6.42 Å². The predicted octanol–water partition coefficient (Wildman–Crippen LogP) is 1.77. The van der Waals surface area contributed by atoms with Crippen LogP contribution in [0.25, 0.3) is 0 Å². The van der Waals surface area contributed by atoms with Gasteiger partial charge in [0.2, 0.25) is 5.91 Å². The SMILES string of the molecule is CCC(C)NC(=O)CCNc1ccc(N)cc1C(=O)OC. The Morgan fingerprint density at radius 3 is 2.71 bits per heavy atom. The highest BCUT2D eigenvalue weighted by atomic mass is 16.5. The lowest BCUT2D eigenvalue weighted by Crippen LogP contribution is -2.33. The third-order valence-corrected chi connectivity index (χ3v) is 3.14. The number of carbonyl (C=O) groups excluding carboxylic acids is 2. The molecule has 1 amide bonds. The Labute approximate surface area is 125 Å². The summed E-state index contributed by atoms with van der Waals surface area (Å²) >= 11 is 0. The van der Waals surface area contributed by atoms with Gasteiger partial charge in [-0.1, -0.05) is 6.92 Å². The zero-order valence-electron chi connectivity index (χ0n) is 12.7. The molecule has 6 heteroatoms. The van der Waals surface area contributed by atoms with E-state index in [2.05, 4.69) is 10.6 Å². The molecular formula is C15H23N3O3. The maximum atomic E-state index is 11.7. The van der Waals surface area contributed by atoms with Crippen LogP contribution in [0.15, 0.2) is 18.2 Å². The van der Waals surface area contributed by atoms with Crippen molar-refractivity contribution in [1.82, 2.24) is 5.32 Å². The van der Waals surface area contributed by atoms with Crippen molar-refractivity contribution in [3.8, 4) is 0 Å². The van der Waals surface area contributed by atoms with Crippen LogP contribution in [0.1, 0.15) is 37.0 Å². The van der Waals surface area contributed by atoms with Gasteiger partial charge in [-0.3, -0.25) is 4.79 Å². The fourth-order valence-corrected chi connectivity index (χ4v) is 1.75. The number of amides is 1. The van der Waals surface area contributed by atoms with Gasteiger partial charge < -0.3 is 21.1 Å². The molecule has 116 valence electrons. The summed E-state index contributed by atoms with van der Waals surface area (Å²) < 4.78 is 4.71. The van der Waals surface area contributed by atoms with Crippen molar-refractivity contribution < 1.29 is 14.3 Å². The summed E-state index contributed by atoms with van der Waals surface area (Å²) in [4.78, 5) is 23.3. The second-order valence-corrected chi connectivity index (χ2v) is 4.85. The van der Waals surface area contributed by atoms with E-state index in [9.17, 15) is 9.59 Å². The van der Waals surface area contributed by atoms with Crippen molar-refractivity contribution >= 4 is 23.3 Å². The Bertz CT molecular complexity index is 503. The lowest BCUT2D eigenvalue weighted by Gasteiger charge is -2.13. The summed E-state index contributed by atoms with van der Waals surface area (Å²) in [7, 11) is 1.31. The molecule has 0 aromatic heterocycles. The molecular weight excluding hydrogens is 270 g/mol. The van der Waals surface area contributed by atoms with E-state index < -0.39 is 5.97 Å². The normalized spacial score (nSPS) is 11.6. The zero-order valence-corrected chi connectivity index (χ0v) is 12.7. The third-order valence-electron chi connectivity index (χ3n) is 3.14. The number of benzene rings is 1. The summed E-state index contributed by atoms with van der Waals surface area (Å²) in [6.45, 7) is 4.40. The molecule has 0 aliphatic rings. The number of nitrogens with two attached hydrogens (primary N) is 1. The van der Waals surface area contributed by atoms with E-state index in [4.69, 9.17) is 10.5 Å². The molecule has 0 fully saturated rings. The first-order valence-electron chi connectivity index (χ1n) is 6.99. The van der Waals surface area contributed by atoms with E-state index in [1.54, 1.807) is 18.2 Å². The predicted molar refractivity (Wildman–Crippen MR) is 83.2 cm³/mol. The molecule has 0 heterocycles. The lowest BCUT2D eigenvalue weighted by atomic mass is 10.1. The monoisotopic (exact) mass is 293 g/mol. The van der Waals surface area contributed by atoms with Crippen LogP contribution in [0.4, 0.5) is 11.4 Å². The minimum Gasteiger partial charge on any atom is -0.465 e. The van der Waals surface area contributed by atoms with Crippen LogP contribution < -0.4 is 16.4 Å². The van der Waals surface area contributed by atoms with E-state index in [-0.39, 0.29) is 11.9 Å². The molecule has 4 N–H and O–H groups in total. The molecule has 1 aromatic rings. The maximum Gasteiger partial charge on any atom is 0.340 e. The van der Waals surface area contributed by atoms with Gasteiger partial charge in [-0.25, -0.2) is 4.79 Å². The highest BCUT2D eigenvalue weighted by Crippen LogP contribution is 2.19. The highest BCUT2D eigenvalue weighted by Gasteiger charge is 2.12. The number of hydrogen-bond acceptors (Lipinski definition) is 5. The van der Waals surface area contributed by atoms with Crippen molar-refractivity contribution in [3.05, 3.63) is 23.8 Å². The molecule has 1 aromatic carbocycles. The van der Waals surface area contributed by atoms with Gasteiger partial charge in [0.15, 0.2) is 0 Å². The molecule has 0 aliphatic carbocycles. The van der Waals surface area contributed by atoms with Gasteiger partial charge >= 0.3 is 5.97 Å². The average Bonchev–Trinajstić information content (AvgIpc) is 2.47. The summed E-state index contributed by atoms with van der Waals surface area (Å²) in [5, 5.41) is 5.94. The van der Waals surface area contributed by atoms with E-state index in [1.165, 1.54) is 7.11 Å². The minimum absolute atomic E-state index is 0.0214. The van der Waals surface area contributed by atoms with Crippen LogP contribution in [-0.4, -0.2) is 31.6 Å². The number of esters is 1. The van der Waals surface area contributed by atoms with Crippen molar-refractivity contribution in [2.75, 3.05) is 24.7 Å². The first kappa shape index (κ1) is 16.8. The molecule has 0 bridgehead atoms. The Hall–Kier alpha value is -2.24. The van der Waals surface area contributed by atoms with Gasteiger partial charge in [-0.15, -0.1) is 0 Å². The Balaban J connectivity index is 2.59. The summed E-state index contributed by atoms with van der Waals surface area (Å²) in [5.41, 5.74) is 7.11. The van der Waals surface area contributed by atoms with Gasteiger partial charge in [0.1, 0.15) is 0 Å². The first-order chi connectivity index (χ1) is 9.97. The Kier molecular flexibility index (Phi) is 6.52. The van der Waals surface area contributed by atoms with Crippen LogP contribution in [0.5, 0.6) is 0 Å².